The van der Waals surface area contributed by atoms with Crippen molar-refractivity contribution in [2.45, 2.75) is 25.7 Å². The minimum Gasteiger partial charge on any atom is -0.435 e. The number of hydrogen-bond donors (Lipinski definition) is 0. The third kappa shape index (κ3) is 5.12. The van der Waals surface area contributed by atoms with Gasteiger partial charge in [-0.15, -0.1) is 0 Å². The second-order valence-corrected chi connectivity index (χ2v) is 5.80. The van der Waals surface area contributed by atoms with Crippen molar-refractivity contribution >= 4 is 9.84 Å². The van der Waals surface area contributed by atoms with Crippen LogP contribution >= 0.6 is 0 Å². The highest BCUT2D eigenvalue weighted by Gasteiger charge is 2.11. The summed E-state index contributed by atoms with van der Waals surface area (Å²) in [6.45, 7) is -1.08. The van der Waals surface area contributed by atoms with Gasteiger partial charge in [0.1, 0.15) is 5.75 Å². The van der Waals surface area contributed by atoms with Crippen molar-refractivity contribution in [1.82, 2.24) is 0 Å². The molecule has 6 heteroatoms. The zero-order valence-electron chi connectivity index (χ0n) is 9.40. The van der Waals surface area contributed by atoms with Crippen molar-refractivity contribution in [2.24, 2.45) is 0 Å². The summed E-state index contributed by atoms with van der Waals surface area (Å²) >= 11 is 0. The molecule has 0 radical (unpaired) electrons. The molecule has 17 heavy (non-hydrogen) atoms. The number of benzene rings is 1. The lowest BCUT2D eigenvalue weighted by Gasteiger charge is -2.06. The number of hydrogen-bond acceptors (Lipinski definition) is 3. The van der Waals surface area contributed by atoms with Crippen LogP contribution in [0.25, 0.3) is 0 Å². The summed E-state index contributed by atoms with van der Waals surface area (Å²) in [6.07, 6.45) is 0.564. The van der Waals surface area contributed by atoms with Gasteiger partial charge in [-0.3, -0.25) is 0 Å². The molecular formula is C11H14F2O3S. The van der Waals surface area contributed by atoms with Crippen molar-refractivity contribution in [3.05, 3.63) is 29.8 Å². The second-order valence-electron chi connectivity index (χ2n) is 3.61. The van der Waals surface area contributed by atoms with Crippen molar-refractivity contribution < 1.29 is 21.9 Å². The van der Waals surface area contributed by atoms with Crippen molar-refractivity contribution in [1.29, 1.82) is 0 Å². The molecule has 0 aromatic heterocycles. The van der Waals surface area contributed by atoms with Crippen LogP contribution in [0.3, 0.4) is 0 Å². The van der Waals surface area contributed by atoms with Gasteiger partial charge in [-0.05, 0) is 24.1 Å². The first-order valence-corrected chi connectivity index (χ1v) is 6.99. The molecule has 0 spiro atoms. The van der Waals surface area contributed by atoms with Gasteiger partial charge in [-0.25, -0.2) is 8.42 Å². The molecule has 0 fully saturated rings. The van der Waals surface area contributed by atoms with Crippen LogP contribution in [-0.4, -0.2) is 20.8 Å². The van der Waals surface area contributed by atoms with Crippen LogP contribution in [0.15, 0.2) is 24.3 Å². The zero-order valence-corrected chi connectivity index (χ0v) is 10.2. The standard InChI is InChI=1S/C11H14F2O3S/c1-2-7-17(14,15)8-9-3-5-10(6-4-9)16-11(12)13/h3-6,11H,2,7-8H2,1H3. The average Bonchev–Trinajstić information content (AvgIpc) is 2.19. The number of ether oxygens (including phenoxy) is 1. The predicted octanol–water partition coefficient (Wildman–Crippen LogP) is 2.61. The van der Waals surface area contributed by atoms with Crippen LogP contribution in [0.4, 0.5) is 8.78 Å². The third-order valence-electron chi connectivity index (χ3n) is 2.05. The van der Waals surface area contributed by atoms with Gasteiger partial charge in [0.05, 0.1) is 11.5 Å². The number of halogens is 2. The molecule has 0 atom stereocenters. The molecule has 0 saturated heterocycles. The van der Waals surface area contributed by atoms with Crippen molar-refractivity contribution in [2.75, 3.05) is 5.75 Å². The highest BCUT2D eigenvalue weighted by molar-refractivity contribution is 7.90. The van der Waals surface area contributed by atoms with E-state index in [1.165, 1.54) is 24.3 Å². The summed E-state index contributed by atoms with van der Waals surface area (Å²) in [4.78, 5) is 0. The highest BCUT2D eigenvalue weighted by atomic mass is 32.2. The normalized spacial score (nSPS) is 11.8. The fourth-order valence-corrected chi connectivity index (χ4v) is 2.87. The molecule has 0 N–H and O–H groups in total. The van der Waals surface area contributed by atoms with E-state index in [0.717, 1.165) is 0 Å². The maximum absolute atomic E-state index is 11.9. The van der Waals surface area contributed by atoms with E-state index in [4.69, 9.17) is 0 Å². The smallest absolute Gasteiger partial charge is 0.387 e. The Bertz CT molecular complexity index is 440. The summed E-state index contributed by atoms with van der Waals surface area (Å²) in [7, 11) is -3.11. The van der Waals surface area contributed by atoms with E-state index < -0.39 is 16.4 Å². The SMILES string of the molecule is CCCS(=O)(=O)Cc1ccc(OC(F)F)cc1. The largest absolute Gasteiger partial charge is 0.435 e. The minimum absolute atomic E-state index is 0.0247. The first kappa shape index (κ1) is 13.9. The molecule has 0 bridgehead atoms. The van der Waals surface area contributed by atoms with Crippen molar-refractivity contribution in [3.63, 3.8) is 0 Å². The fourth-order valence-electron chi connectivity index (χ4n) is 1.40. The Labute approximate surface area is 99.3 Å². The monoisotopic (exact) mass is 264 g/mol. The van der Waals surface area contributed by atoms with Gasteiger partial charge >= 0.3 is 6.61 Å². The van der Waals surface area contributed by atoms with Gasteiger partial charge in [0.15, 0.2) is 9.84 Å². The summed E-state index contributed by atoms with van der Waals surface area (Å²) in [6, 6.07) is 5.63. The molecule has 0 unspecified atom stereocenters. The molecule has 0 amide bonds. The van der Waals surface area contributed by atoms with Gasteiger partial charge in [-0.1, -0.05) is 19.1 Å². The lowest BCUT2D eigenvalue weighted by atomic mass is 10.2. The van der Waals surface area contributed by atoms with Crippen LogP contribution in [0.1, 0.15) is 18.9 Å². The Kier molecular flexibility index (Phi) is 4.86. The van der Waals surface area contributed by atoms with E-state index in [9.17, 15) is 17.2 Å². The first-order valence-electron chi connectivity index (χ1n) is 5.17. The molecule has 0 aliphatic carbocycles. The second kappa shape index (κ2) is 5.95. The van der Waals surface area contributed by atoms with E-state index in [1.807, 2.05) is 0 Å². The molecule has 1 aromatic carbocycles. The lowest BCUT2D eigenvalue weighted by molar-refractivity contribution is -0.0498. The Morgan fingerprint density at radius 1 is 1.24 bits per heavy atom. The zero-order chi connectivity index (χ0) is 12.9. The third-order valence-corrected chi connectivity index (χ3v) is 3.85. The molecule has 1 rings (SSSR count). The van der Waals surface area contributed by atoms with Crippen LogP contribution < -0.4 is 4.74 Å². The summed E-state index contributed by atoms with van der Waals surface area (Å²) in [5.74, 6) is 0.0783. The lowest BCUT2D eigenvalue weighted by Crippen LogP contribution is -2.08. The maximum atomic E-state index is 11.9. The molecular weight excluding hydrogens is 250 g/mol. The van der Waals surface area contributed by atoms with Crippen LogP contribution in [0.2, 0.25) is 0 Å². The average molecular weight is 264 g/mol. The van der Waals surface area contributed by atoms with Crippen molar-refractivity contribution in [3.8, 4) is 5.75 Å². The van der Waals surface area contributed by atoms with Crippen LogP contribution in [-0.2, 0) is 15.6 Å². The van der Waals surface area contributed by atoms with E-state index in [-0.39, 0.29) is 17.3 Å². The molecule has 3 nitrogen and oxygen atoms in total. The predicted molar refractivity (Wildman–Crippen MR) is 60.9 cm³/mol. The Morgan fingerprint density at radius 3 is 2.29 bits per heavy atom. The molecule has 0 heterocycles. The van der Waals surface area contributed by atoms with E-state index in [2.05, 4.69) is 4.74 Å². The maximum Gasteiger partial charge on any atom is 0.387 e. The molecule has 0 saturated carbocycles. The Balaban J connectivity index is 2.68. The number of sulfone groups is 1. The van der Waals surface area contributed by atoms with E-state index in [0.29, 0.717) is 12.0 Å². The Hall–Kier alpha value is -1.17. The number of alkyl halides is 2. The topological polar surface area (TPSA) is 43.4 Å². The minimum atomic E-state index is -3.11. The summed E-state index contributed by atoms with van der Waals surface area (Å²) in [5, 5.41) is 0. The van der Waals surface area contributed by atoms with E-state index in [1.54, 1.807) is 6.92 Å². The van der Waals surface area contributed by atoms with Crippen LogP contribution in [0, 0.1) is 0 Å². The van der Waals surface area contributed by atoms with Crippen LogP contribution in [0.5, 0.6) is 5.75 Å². The molecule has 0 aliphatic rings. The fraction of sp³-hybridized carbons (Fsp3) is 0.455. The first-order chi connectivity index (χ1) is 7.93. The molecule has 1 aromatic rings. The van der Waals surface area contributed by atoms with Gasteiger partial charge < -0.3 is 4.74 Å². The number of rotatable bonds is 6. The molecule has 0 aliphatic heterocycles. The molecule has 96 valence electrons. The van der Waals surface area contributed by atoms with Gasteiger partial charge in [0.2, 0.25) is 0 Å². The highest BCUT2D eigenvalue weighted by Crippen LogP contribution is 2.16. The van der Waals surface area contributed by atoms with Gasteiger partial charge in [0.25, 0.3) is 0 Å². The summed E-state index contributed by atoms with van der Waals surface area (Å²) < 4.78 is 50.9. The van der Waals surface area contributed by atoms with Gasteiger partial charge in [0, 0.05) is 0 Å². The van der Waals surface area contributed by atoms with E-state index >= 15 is 0 Å². The Morgan fingerprint density at radius 2 is 1.82 bits per heavy atom. The summed E-state index contributed by atoms with van der Waals surface area (Å²) in [5.41, 5.74) is 0.570. The van der Waals surface area contributed by atoms with Gasteiger partial charge in [-0.2, -0.15) is 8.78 Å². The quantitative estimate of drug-likeness (QED) is 0.793.